The molecule has 0 radical (unpaired) electrons. The third-order valence-electron chi connectivity index (χ3n) is 4.47. The van der Waals surface area contributed by atoms with E-state index in [-0.39, 0.29) is 6.61 Å². The molecule has 2 aromatic rings. The second-order valence-electron chi connectivity index (χ2n) is 6.25. The molecule has 0 saturated carbocycles. The van der Waals surface area contributed by atoms with Gasteiger partial charge in [-0.1, -0.05) is 30.3 Å². The fourth-order valence-electron chi connectivity index (χ4n) is 2.88. The van der Waals surface area contributed by atoms with Crippen LogP contribution in [0.3, 0.4) is 0 Å². The van der Waals surface area contributed by atoms with Crippen LogP contribution in [0.4, 0.5) is 4.39 Å². The number of halogens is 1. The fourth-order valence-corrected chi connectivity index (χ4v) is 2.88. The molecule has 0 aliphatic carbocycles. The molecular weight excluding hydrogens is 325 g/mol. The molecule has 6 heteroatoms. The highest BCUT2D eigenvalue weighted by Crippen LogP contribution is 2.28. The lowest BCUT2D eigenvalue weighted by Crippen LogP contribution is -2.52. The van der Waals surface area contributed by atoms with Crippen LogP contribution in [0.25, 0.3) is 0 Å². The molecule has 2 unspecified atom stereocenters. The number of para-hydroxylation sites is 1. The van der Waals surface area contributed by atoms with E-state index in [0.717, 1.165) is 11.3 Å². The molecule has 0 spiro atoms. The largest absolute Gasteiger partial charge is 0.492 e. The Morgan fingerprint density at radius 1 is 1.20 bits per heavy atom. The molecule has 0 aromatic heterocycles. The Labute approximate surface area is 144 Å². The van der Waals surface area contributed by atoms with Gasteiger partial charge in [-0.3, -0.25) is 4.79 Å². The number of rotatable bonds is 4. The topological polar surface area (TPSA) is 75.6 Å². The van der Waals surface area contributed by atoms with Gasteiger partial charge in [0.1, 0.15) is 18.2 Å². The van der Waals surface area contributed by atoms with Crippen molar-refractivity contribution in [1.29, 1.82) is 0 Å². The number of carboxylic acid groups (broad SMARTS) is 1. The van der Waals surface area contributed by atoms with Gasteiger partial charge >= 0.3 is 5.97 Å². The monoisotopic (exact) mass is 343 g/mol. The van der Waals surface area contributed by atoms with Crippen LogP contribution in [-0.2, 0) is 21.5 Å². The van der Waals surface area contributed by atoms with Gasteiger partial charge in [0.2, 0.25) is 5.91 Å². The number of aliphatic carboxylic acids is 1. The summed E-state index contributed by atoms with van der Waals surface area (Å²) in [5.74, 6) is -1.85. The highest BCUT2D eigenvalue weighted by atomic mass is 19.1. The van der Waals surface area contributed by atoms with E-state index in [4.69, 9.17) is 4.74 Å². The number of fused-ring (bicyclic) bond motifs is 1. The van der Waals surface area contributed by atoms with Gasteiger partial charge in [-0.25, -0.2) is 9.18 Å². The number of amides is 1. The number of hydrogen-bond acceptors (Lipinski definition) is 3. The molecule has 1 aliphatic rings. The zero-order valence-corrected chi connectivity index (χ0v) is 13.7. The summed E-state index contributed by atoms with van der Waals surface area (Å²) in [6, 6.07) is 12.5. The Morgan fingerprint density at radius 2 is 1.88 bits per heavy atom. The number of benzene rings is 2. The molecular formula is C19H18FNO4. The van der Waals surface area contributed by atoms with Gasteiger partial charge in [-0.2, -0.15) is 0 Å². The van der Waals surface area contributed by atoms with E-state index in [0.29, 0.717) is 12.0 Å². The van der Waals surface area contributed by atoms with Gasteiger partial charge in [0, 0.05) is 0 Å². The summed E-state index contributed by atoms with van der Waals surface area (Å²) in [6.07, 6.45) is 0.473. The van der Waals surface area contributed by atoms with Crippen LogP contribution in [-0.4, -0.2) is 23.6 Å². The maximum absolute atomic E-state index is 13.1. The van der Waals surface area contributed by atoms with Crippen LogP contribution in [0.2, 0.25) is 0 Å². The lowest BCUT2D eigenvalue weighted by atomic mass is 9.89. The lowest BCUT2D eigenvalue weighted by Gasteiger charge is -2.31. The van der Waals surface area contributed by atoms with Crippen molar-refractivity contribution in [1.82, 2.24) is 5.32 Å². The van der Waals surface area contributed by atoms with E-state index in [2.05, 4.69) is 5.32 Å². The smallest absolute Gasteiger partial charge is 0.333 e. The second kappa shape index (κ2) is 6.55. The minimum absolute atomic E-state index is 0.183. The highest BCUT2D eigenvalue weighted by molar-refractivity contribution is 5.89. The SMILES string of the molecule is CC(NC(=O)C1COc2ccccc2C1)(C(=O)O)c1ccc(F)cc1. The summed E-state index contributed by atoms with van der Waals surface area (Å²) in [4.78, 5) is 24.4. The minimum atomic E-state index is -1.65. The number of carbonyl (C=O) groups excluding carboxylic acids is 1. The van der Waals surface area contributed by atoms with Gasteiger partial charge in [0.15, 0.2) is 5.54 Å². The van der Waals surface area contributed by atoms with E-state index in [9.17, 15) is 19.1 Å². The third kappa shape index (κ3) is 3.33. The minimum Gasteiger partial charge on any atom is -0.492 e. The summed E-state index contributed by atoms with van der Waals surface area (Å²) in [6.45, 7) is 1.57. The predicted molar refractivity (Wildman–Crippen MR) is 88.7 cm³/mol. The molecule has 0 fully saturated rings. The molecule has 5 nitrogen and oxygen atoms in total. The van der Waals surface area contributed by atoms with Crippen molar-refractivity contribution in [2.24, 2.45) is 5.92 Å². The maximum atomic E-state index is 13.1. The van der Waals surface area contributed by atoms with Crippen LogP contribution < -0.4 is 10.1 Å². The summed E-state index contributed by atoms with van der Waals surface area (Å²) < 4.78 is 18.7. The number of hydrogen-bond donors (Lipinski definition) is 2. The number of nitrogens with one attached hydrogen (secondary N) is 1. The molecule has 0 saturated heterocycles. The van der Waals surface area contributed by atoms with Crippen molar-refractivity contribution in [3.8, 4) is 5.75 Å². The molecule has 0 bridgehead atoms. The van der Waals surface area contributed by atoms with Crippen molar-refractivity contribution < 1.29 is 23.8 Å². The molecule has 1 heterocycles. The normalized spacial score (nSPS) is 18.4. The van der Waals surface area contributed by atoms with E-state index in [1.807, 2.05) is 24.3 Å². The van der Waals surface area contributed by atoms with Crippen molar-refractivity contribution in [3.05, 3.63) is 65.5 Å². The average Bonchev–Trinajstić information content (AvgIpc) is 2.61. The third-order valence-corrected chi connectivity index (χ3v) is 4.47. The molecule has 1 amide bonds. The van der Waals surface area contributed by atoms with E-state index < -0.39 is 29.2 Å². The van der Waals surface area contributed by atoms with Crippen LogP contribution in [0.1, 0.15) is 18.1 Å². The van der Waals surface area contributed by atoms with Crippen molar-refractivity contribution in [3.63, 3.8) is 0 Å². The summed E-state index contributed by atoms with van der Waals surface area (Å²) >= 11 is 0. The molecule has 25 heavy (non-hydrogen) atoms. The Kier molecular flexibility index (Phi) is 4.44. The summed E-state index contributed by atoms with van der Waals surface area (Å²) in [7, 11) is 0. The first-order valence-electron chi connectivity index (χ1n) is 7.92. The van der Waals surface area contributed by atoms with Gasteiger partial charge in [0.05, 0.1) is 5.92 Å². The van der Waals surface area contributed by atoms with Gasteiger partial charge in [-0.15, -0.1) is 0 Å². The molecule has 1 aliphatic heterocycles. The zero-order chi connectivity index (χ0) is 18.0. The van der Waals surface area contributed by atoms with E-state index in [1.165, 1.54) is 31.2 Å². The first kappa shape index (κ1) is 17.0. The Hall–Kier alpha value is -2.89. The maximum Gasteiger partial charge on any atom is 0.333 e. The van der Waals surface area contributed by atoms with Crippen molar-refractivity contribution in [2.75, 3.05) is 6.61 Å². The molecule has 3 rings (SSSR count). The van der Waals surface area contributed by atoms with Crippen LogP contribution in [0.15, 0.2) is 48.5 Å². The van der Waals surface area contributed by atoms with Crippen LogP contribution in [0, 0.1) is 11.7 Å². The predicted octanol–water partition coefficient (Wildman–Crippen LogP) is 2.49. The zero-order valence-electron chi connectivity index (χ0n) is 13.7. The van der Waals surface area contributed by atoms with Crippen LogP contribution in [0.5, 0.6) is 5.75 Å². The Morgan fingerprint density at radius 3 is 2.56 bits per heavy atom. The highest BCUT2D eigenvalue weighted by Gasteiger charge is 2.39. The summed E-state index contributed by atoms with van der Waals surface area (Å²) in [5.41, 5.74) is -0.443. The number of ether oxygens (including phenoxy) is 1. The molecule has 2 N–H and O–H groups in total. The molecule has 2 aromatic carbocycles. The second-order valence-corrected chi connectivity index (χ2v) is 6.25. The van der Waals surface area contributed by atoms with Gasteiger partial charge in [-0.05, 0) is 42.7 Å². The number of carbonyl (C=O) groups is 2. The first-order valence-corrected chi connectivity index (χ1v) is 7.92. The fraction of sp³-hybridized carbons (Fsp3) is 0.263. The lowest BCUT2D eigenvalue weighted by molar-refractivity contribution is -0.148. The summed E-state index contributed by atoms with van der Waals surface area (Å²) in [5, 5.41) is 12.2. The standard InChI is InChI=1S/C19H18FNO4/c1-19(18(23)24,14-6-8-15(20)9-7-14)21-17(22)13-10-12-4-2-3-5-16(12)25-11-13/h2-9,13H,10-11H2,1H3,(H,21,22)(H,23,24). The molecule has 130 valence electrons. The Bertz CT molecular complexity index is 805. The van der Waals surface area contributed by atoms with Gasteiger partial charge < -0.3 is 15.2 Å². The molecule has 2 atom stereocenters. The van der Waals surface area contributed by atoms with E-state index >= 15 is 0 Å². The van der Waals surface area contributed by atoms with Crippen molar-refractivity contribution in [2.45, 2.75) is 18.9 Å². The number of carboxylic acids is 1. The van der Waals surface area contributed by atoms with Crippen LogP contribution >= 0.6 is 0 Å². The van der Waals surface area contributed by atoms with E-state index in [1.54, 1.807) is 0 Å². The quantitative estimate of drug-likeness (QED) is 0.894. The van der Waals surface area contributed by atoms with Gasteiger partial charge in [0.25, 0.3) is 0 Å². The Balaban J connectivity index is 1.80. The average molecular weight is 343 g/mol. The van der Waals surface area contributed by atoms with Crippen molar-refractivity contribution >= 4 is 11.9 Å². The first-order chi connectivity index (χ1) is 11.9.